The smallest absolute Gasteiger partial charge is 0.263 e. The fourth-order valence-electron chi connectivity index (χ4n) is 5.88. The van der Waals surface area contributed by atoms with Crippen molar-refractivity contribution in [2.75, 3.05) is 20.7 Å². The Balaban J connectivity index is 1.97. The highest BCUT2D eigenvalue weighted by Gasteiger charge is 2.61. The average Bonchev–Trinajstić information content (AvgIpc) is 2.72. The second-order valence-corrected chi connectivity index (χ2v) is 9.12. The van der Waals surface area contributed by atoms with Gasteiger partial charge in [0.15, 0.2) is 0 Å². The van der Waals surface area contributed by atoms with Crippen LogP contribution < -0.4 is 11.3 Å². The molecule has 31 heavy (non-hydrogen) atoms. The van der Waals surface area contributed by atoms with E-state index in [9.17, 15) is 14.7 Å². The lowest BCUT2D eigenvalue weighted by Gasteiger charge is -2.60. The van der Waals surface area contributed by atoms with Gasteiger partial charge in [-0.1, -0.05) is 12.7 Å². The topological polar surface area (TPSA) is 97.8 Å². The average molecular weight is 426 g/mol. The number of amides is 1. The van der Waals surface area contributed by atoms with Gasteiger partial charge in [-0.3, -0.25) is 9.59 Å². The Morgan fingerprint density at radius 3 is 2.77 bits per heavy atom. The van der Waals surface area contributed by atoms with Gasteiger partial charge in [0.1, 0.15) is 11.3 Å². The lowest BCUT2D eigenvalue weighted by molar-refractivity contribution is -0.159. The second kappa shape index (κ2) is 7.50. The zero-order valence-corrected chi connectivity index (χ0v) is 18.5. The quantitative estimate of drug-likeness (QED) is 0.747. The number of likely N-dealkylation sites (tertiary alicyclic amines) is 1. The van der Waals surface area contributed by atoms with Crippen LogP contribution in [0.15, 0.2) is 47.0 Å². The fraction of sp³-hybridized carbons (Fsp3) is 0.500. The van der Waals surface area contributed by atoms with Gasteiger partial charge >= 0.3 is 0 Å². The molecule has 0 radical (unpaired) electrons. The van der Waals surface area contributed by atoms with Crippen LogP contribution in [-0.2, 0) is 24.6 Å². The molecule has 0 unspecified atom stereocenters. The number of allylic oxidation sites excluding steroid dienone is 3. The molecule has 3 N–H and O–H groups in total. The molecule has 2 heterocycles. The zero-order chi connectivity index (χ0) is 22.6. The highest BCUT2D eigenvalue weighted by atomic mass is 16.5. The number of carbonyl (C=O) groups is 1. The van der Waals surface area contributed by atoms with Gasteiger partial charge in [0, 0.05) is 37.0 Å². The summed E-state index contributed by atoms with van der Waals surface area (Å²) in [6, 6.07) is 1.49. The maximum atomic E-state index is 12.8. The normalized spacial score (nSPS) is 33.5. The number of aromatic nitrogens is 1. The minimum absolute atomic E-state index is 0.0393. The number of nitrogens with two attached hydrogens (primary N) is 1. The first-order valence-electron chi connectivity index (χ1n) is 10.7. The number of carbonyl (C=O) groups excluding carboxylic acids is 1. The van der Waals surface area contributed by atoms with Crippen LogP contribution in [0.4, 0.5) is 0 Å². The summed E-state index contributed by atoms with van der Waals surface area (Å²) in [7, 11) is 5.34. The van der Waals surface area contributed by atoms with Gasteiger partial charge < -0.3 is 25.0 Å². The maximum absolute atomic E-state index is 12.8. The molecule has 1 aromatic rings. The summed E-state index contributed by atoms with van der Waals surface area (Å²) >= 11 is 0. The predicted molar refractivity (Wildman–Crippen MR) is 119 cm³/mol. The number of primary amides is 1. The number of fused-ring (bicyclic) bond motifs is 1. The molecule has 3 aliphatic rings. The van der Waals surface area contributed by atoms with Gasteiger partial charge in [-0.15, -0.1) is 0 Å². The molecule has 1 aliphatic heterocycles. The number of ether oxygens (including phenoxy) is 1. The molecule has 0 spiro atoms. The summed E-state index contributed by atoms with van der Waals surface area (Å²) < 4.78 is 7.05. The van der Waals surface area contributed by atoms with E-state index in [1.807, 2.05) is 19.2 Å². The number of rotatable bonds is 2. The van der Waals surface area contributed by atoms with E-state index in [0.717, 1.165) is 36.2 Å². The maximum Gasteiger partial charge on any atom is 0.263 e. The molecule has 0 saturated carbocycles. The van der Waals surface area contributed by atoms with E-state index < -0.39 is 22.5 Å². The molecule has 166 valence electrons. The molecule has 2 aliphatic carbocycles. The molecule has 1 fully saturated rings. The Morgan fingerprint density at radius 1 is 1.35 bits per heavy atom. The number of pyridine rings is 1. The number of likely N-dealkylation sites (N-methyl/N-ethyl adjacent to an activating group) is 1. The third kappa shape index (κ3) is 3.10. The molecule has 4 rings (SSSR count). The van der Waals surface area contributed by atoms with Gasteiger partial charge in [-0.2, -0.15) is 0 Å². The lowest BCUT2D eigenvalue weighted by atomic mass is 9.52. The number of methoxy groups -OCH3 is 1. The molecule has 1 amide bonds. The van der Waals surface area contributed by atoms with Crippen molar-refractivity contribution in [3.8, 4) is 0 Å². The molecule has 2 bridgehead atoms. The van der Waals surface area contributed by atoms with E-state index in [1.165, 1.54) is 4.57 Å². The summed E-state index contributed by atoms with van der Waals surface area (Å²) in [4.78, 5) is 26.9. The number of hydrogen-bond donors (Lipinski definition) is 2. The van der Waals surface area contributed by atoms with Crippen molar-refractivity contribution in [1.82, 2.24) is 9.47 Å². The molecular formula is C24H31N3O4. The van der Waals surface area contributed by atoms with E-state index in [-0.39, 0.29) is 11.6 Å². The van der Waals surface area contributed by atoms with Gasteiger partial charge in [-0.05, 0) is 62.2 Å². The first kappa shape index (κ1) is 21.6. The Hall–Kier alpha value is -2.64. The molecule has 1 saturated heterocycles. The van der Waals surface area contributed by atoms with E-state index in [1.54, 1.807) is 20.2 Å². The van der Waals surface area contributed by atoms with Crippen LogP contribution in [0.2, 0.25) is 0 Å². The van der Waals surface area contributed by atoms with E-state index in [2.05, 4.69) is 17.6 Å². The highest BCUT2D eigenvalue weighted by Crippen LogP contribution is 2.55. The minimum atomic E-state index is -1.11. The van der Waals surface area contributed by atoms with Crippen molar-refractivity contribution in [1.29, 1.82) is 0 Å². The Morgan fingerprint density at radius 2 is 2.10 bits per heavy atom. The Bertz CT molecular complexity index is 1070. The van der Waals surface area contributed by atoms with Crippen molar-refractivity contribution in [2.45, 2.75) is 43.7 Å². The molecular weight excluding hydrogens is 394 g/mol. The van der Waals surface area contributed by atoms with Crippen LogP contribution in [0.1, 0.15) is 40.9 Å². The summed E-state index contributed by atoms with van der Waals surface area (Å²) in [6.07, 6.45) is 9.00. The number of hydrogen-bond acceptors (Lipinski definition) is 5. The Kier molecular flexibility index (Phi) is 5.22. The van der Waals surface area contributed by atoms with Crippen molar-refractivity contribution in [3.63, 3.8) is 0 Å². The summed E-state index contributed by atoms with van der Waals surface area (Å²) in [5.41, 5.74) is 5.68. The predicted octanol–water partition coefficient (Wildman–Crippen LogP) is 1.44. The Labute approximate surface area is 182 Å². The van der Waals surface area contributed by atoms with Crippen molar-refractivity contribution < 1.29 is 14.6 Å². The minimum Gasteiger partial charge on any atom is -0.497 e. The number of nitrogens with zero attached hydrogens (tertiary/aromatic N) is 2. The van der Waals surface area contributed by atoms with E-state index in [4.69, 9.17) is 10.5 Å². The van der Waals surface area contributed by atoms with Crippen LogP contribution in [0.5, 0.6) is 0 Å². The van der Waals surface area contributed by atoms with Gasteiger partial charge in [-0.25, -0.2) is 0 Å². The lowest BCUT2D eigenvalue weighted by Crippen LogP contribution is -2.69. The molecule has 7 nitrogen and oxygen atoms in total. The van der Waals surface area contributed by atoms with Crippen LogP contribution in [0, 0.1) is 5.41 Å². The number of aliphatic hydroxyl groups is 1. The van der Waals surface area contributed by atoms with E-state index >= 15 is 0 Å². The third-order valence-electron chi connectivity index (χ3n) is 7.68. The standard InChI is InChI=1S/C24H31N3O4/c1-15-11-17(31-4)7-5-6-8-20-24(30)13-16-12-18(21(25)28)22(29)27(3)19(16)14-23(15,24)9-10-26(20)2/h5,7,11-12,20,30H,1,6,8-10,13-14H2,2-4H3,(H2,25,28)/b7-5-,17-11+/t20-,23-,24-/m1/s1. The SMILES string of the molecule is C=C1/C=C(OC)\C=C/CC[C@H]2N(C)CC[C@@]13Cc1c(cc(C(N)=O)c(=O)n1C)C[C@@]23O. The van der Waals surface area contributed by atoms with Crippen molar-refractivity contribution in [2.24, 2.45) is 18.2 Å². The summed E-state index contributed by atoms with van der Waals surface area (Å²) in [5, 5.41) is 12.4. The fourth-order valence-corrected chi connectivity index (χ4v) is 5.88. The number of piperidine rings is 1. The van der Waals surface area contributed by atoms with Gasteiger partial charge in [0.25, 0.3) is 11.5 Å². The molecule has 1 aromatic heterocycles. The van der Waals surface area contributed by atoms with E-state index in [0.29, 0.717) is 25.0 Å². The van der Waals surface area contributed by atoms with Crippen molar-refractivity contribution >= 4 is 5.91 Å². The first-order chi connectivity index (χ1) is 14.6. The molecule has 3 atom stereocenters. The van der Waals surface area contributed by atoms with Crippen LogP contribution in [-0.4, -0.2) is 52.8 Å². The van der Waals surface area contributed by atoms with Crippen LogP contribution >= 0.6 is 0 Å². The second-order valence-electron chi connectivity index (χ2n) is 9.12. The summed E-state index contributed by atoms with van der Waals surface area (Å²) in [5.74, 6) is -0.0518. The first-order valence-corrected chi connectivity index (χ1v) is 10.7. The molecule has 0 aromatic carbocycles. The zero-order valence-electron chi connectivity index (χ0n) is 18.5. The monoisotopic (exact) mass is 425 g/mol. The third-order valence-corrected chi connectivity index (χ3v) is 7.68. The van der Waals surface area contributed by atoms with Crippen molar-refractivity contribution in [3.05, 3.63) is 69.4 Å². The van der Waals surface area contributed by atoms with Gasteiger partial charge in [0.05, 0.1) is 12.7 Å². The van der Waals surface area contributed by atoms with Crippen LogP contribution in [0.25, 0.3) is 0 Å². The molecule has 7 heteroatoms. The highest BCUT2D eigenvalue weighted by molar-refractivity contribution is 5.92. The largest absolute Gasteiger partial charge is 0.497 e. The van der Waals surface area contributed by atoms with Gasteiger partial charge in [0.2, 0.25) is 0 Å². The summed E-state index contributed by atoms with van der Waals surface area (Å²) in [6.45, 7) is 5.21. The van der Waals surface area contributed by atoms with Crippen LogP contribution in [0.3, 0.4) is 0 Å².